The van der Waals surface area contributed by atoms with E-state index in [1.165, 1.54) is 12.8 Å². The number of aromatic nitrogens is 2. The fraction of sp³-hybridized carbons (Fsp3) is 0.733. The van der Waals surface area contributed by atoms with Crippen LogP contribution in [-0.4, -0.2) is 35.3 Å². The molecule has 0 unspecified atom stereocenters. The Bertz CT molecular complexity index is 441. The lowest BCUT2D eigenvalue weighted by Crippen LogP contribution is -2.30. The Balaban J connectivity index is 2.10. The van der Waals surface area contributed by atoms with Crippen LogP contribution in [0.5, 0.6) is 0 Å². The minimum Gasteiger partial charge on any atom is -0.396 e. The quantitative estimate of drug-likeness (QED) is 0.746. The second-order valence-electron chi connectivity index (χ2n) is 6.12. The van der Waals surface area contributed by atoms with Gasteiger partial charge >= 0.3 is 0 Å². The Kier molecular flexibility index (Phi) is 4.81. The molecule has 1 aliphatic rings. The molecule has 3 N–H and O–H groups in total. The Morgan fingerprint density at radius 3 is 2.45 bits per heavy atom. The zero-order valence-corrected chi connectivity index (χ0v) is 12.7. The summed E-state index contributed by atoms with van der Waals surface area (Å²) in [5.74, 6) is 2.80. The molecular formula is C15H26N4O. The molecule has 0 aromatic carbocycles. The number of hydrogen-bond acceptors (Lipinski definition) is 5. The molecule has 0 amide bonds. The average Bonchev–Trinajstić information content (AvgIpc) is 2.94. The molecule has 1 heterocycles. The van der Waals surface area contributed by atoms with Crippen molar-refractivity contribution in [2.75, 3.05) is 30.8 Å². The van der Waals surface area contributed by atoms with E-state index in [-0.39, 0.29) is 12.0 Å². The molecule has 0 atom stereocenters. The lowest BCUT2D eigenvalue weighted by Gasteiger charge is -2.27. The Morgan fingerprint density at radius 1 is 1.25 bits per heavy atom. The predicted octanol–water partition coefficient (Wildman–Crippen LogP) is 2.61. The van der Waals surface area contributed by atoms with Gasteiger partial charge in [-0.15, -0.1) is 0 Å². The maximum Gasteiger partial charge on any atom is 0.135 e. The molecule has 1 fully saturated rings. The molecular weight excluding hydrogens is 252 g/mol. The van der Waals surface area contributed by atoms with Gasteiger partial charge in [0.1, 0.15) is 17.5 Å². The molecule has 112 valence electrons. The van der Waals surface area contributed by atoms with Crippen LogP contribution in [0.25, 0.3) is 0 Å². The van der Waals surface area contributed by atoms with Crippen LogP contribution in [0.3, 0.4) is 0 Å². The molecule has 1 aliphatic carbocycles. The second kappa shape index (κ2) is 6.39. The molecule has 1 saturated carbocycles. The number of anilines is 2. The number of aliphatic hydroxyl groups excluding tert-OH is 1. The van der Waals surface area contributed by atoms with Crippen molar-refractivity contribution in [3.63, 3.8) is 0 Å². The maximum atomic E-state index is 9.65. The van der Waals surface area contributed by atoms with Crippen LogP contribution < -0.4 is 10.6 Å². The third-order valence-corrected chi connectivity index (χ3v) is 4.16. The van der Waals surface area contributed by atoms with Crippen molar-refractivity contribution in [2.24, 2.45) is 5.41 Å². The van der Waals surface area contributed by atoms with E-state index in [1.807, 2.05) is 13.1 Å². The lowest BCUT2D eigenvalue weighted by molar-refractivity contribution is 0.142. The Morgan fingerprint density at radius 2 is 1.90 bits per heavy atom. The Labute approximate surface area is 121 Å². The highest BCUT2D eigenvalue weighted by atomic mass is 16.3. The minimum absolute atomic E-state index is 0.0305. The summed E-state index contributed by atoms with van der Waals surface area (Å²) in [5, 5.41) is 16.1. The summed E-state index contributed by atoms with van der Waals surface area (Å²) in [6, 6.07) is 1.92. The van der Waals surface area contributed by atoms with E-state index in [1.54, 1.807) is 0 Å². The monoisotopic (exact) mass is 278 g/mol. The molecule has 0 radical (unpaired) electrons. The van der Waals surface area contributed by atoms with Crippen LogP contribution in [0.1, 0.15) is 51.3 Å². The van der Waals surface area contributed by atoms with Gasteiger partial charge in [-0.05, 0) is 12.8 Å². The van der Waals surface area contributed by atoms with Gasteiger partial charge in [-0.25, -0.2) is 9.97 Å². The third kappa shape index (κ3) is 3.39. The largest absolute Gasteiger partial charge is 0.396 e. The van der Waals surface area contributed by atoms with Crippen LogP contribution in [0, 0.1) is 5.41 Å². The summed E-state index contributed by atoms with van der Waals surface area (Å²) in [6.45, 7) is 5.21. The van der Waals surface area contributed by atoms with Gasteiger partial charge in [0.2, 0.25) is 0 Å². The molecule has 1 aromatic rings. The summed E-state index contributed by atoms with van der Waals surface area (Å²) >= 11 is 0. The summed E-state index contributed by atoms with van der Waals surface area (Å²) in [5.41, 5.74) is 0.0305. The fourth-order valence-corrected chi connectivity index (χ4v) is 2.74. The van der Waals surface area contributed by atoms with E-state index < -0.39 is 0 Å². The number of rotatable bonds is 6. The maximum absolute atomic E-state index is 9.65. The van der Waals surface area contributed by atoms with Gasteiger partial charge in [-0.2, -0.15) is 0 Å². The van der Waals surface area contributed by atoms with E-state index >= 15 is 0 Å². The van der Waals surface area contributed by atoms with Crippen LogP contribution >= 0.6 is 0 Å². The van der Waals surface area contributed by atoms with Crippen molar-refractivity contribution in [1.29, 1.82) is 0 Å². The molecule has 5 nitrogen and oxygen atoms in total. The van der Waals surface area contributed by atoms with Gasteiger partial charge in [0.05, 0.1) is 6.61 Å². The zero-order chi connectivity index (χ0) is 14.6. The van der Waals surface area contributed by atoms with Crippen molar-refractivity contribution in [3.05, 3.63) is 11.9 Å². The first kappa shape index (κ1) is 15.0. The van der Waals surface area contributed by atoms with Gasteiger partial charge in [-0.1, -0.05) is 26.7 Å². The van der Waals surface area contributed by atoms with Gasteiger partial charge < -0.3 is 15.7 Å². The third-order valence-electron chi connectivity index (χ3n) is 4.16. The lowest BCUT2D eigenvalue weighted by atomic mass is 9.87. The summed E-state index contributed by atoms with van der Waals surface area (Å²) < 4.78 is 0. The smallest absolute Gasteiger partial charge is 0.135 e. The van der Waals surface area contributed by atoms with E-state index in [0.717, 1.165) is 36.8 Å². The topological polar surface area (TPSA) is 70.1 Å². The molecule has 5 heteroatoms. The molecule has 1 aromatic heterocycles. The molecule has 0 spiro atoms. The van der Waals surface area contributed by atoms with Crippen LogP contribution in [-0.2, 0) is 0 Å². The SMILES string of the molecule is CNc1cc(NCC2(CO)CCCC2)nc(C(C)C)n1. The van der Waals surface area contributed by atoms with E-state index in [4.69, 9.17) is 0 Å². The van der Waals surface area contributed by atoms with E-state index in [9.17, 15) is 5.11 Å². The molecule has 0 bridgehead atoms. The molecule has 0 saturated heterocycles. The Hall–Kier alpha value is -1.36. The van der Waals surface area contributed by atoms with E-state index in [0.29, 0.717) is 5.92 Å². The first-order valence-corrected chi connectivity index (χ1v) is 7.50. The molecule has 0 aliphatic heterocycles. The summed E-state index contributed by atoms with van der Waals surface area (Å²) in [6.07, 6.45) is 4.62. The van der Waals surface area contributed by atoms with Crippen LogP contribution in [0.15, 0.2) is 6.07 Å². The first-order valence-electron chi connectivity index (χ1n) is 7.50. The highest BCUT2D eigenvalue weighted by Crippen LogP contribution is 2.37. The number of nitrogens with one attached hydrogen (secondary N) is 2. The van der Waals surface area contributed by atoms with Gasteiger partial charge in [0, 0.05) is 31.0 Å². The highest BCUT2D eigenvalue weighted by Gasteiger charge is 2.33. The number of hydrogen-bond donors (Lipinski definition) is 3. The van der Waals surface area contributed by atoms with Gasteiger partial charge in [0.25, 0.3) is 0 Å². The van der Waals surface area contributed by atoms with Crippen LogP contribution in [0.2, 0.25) is 0 Å². The fourth-order valence-electron chi connectivity index (χ4n) is 2.74. The minimum atomic E-state index is 0.0305. The van der Waals surface area contributed by atoms with Crippen molar-refractivity contribution >= 4 is 11.6 Å². The number of nitrogens with zero attached hydrogens (tertiary/aromatic N) is 2. The normalized spacial score (nSPS) is 17.4. The van der Waals surface area contributed by atoms with Gasteiger partial charge in [0.15, 0.2) is 0 Å². The number of aliphatic hydroxyl groups is 1. The van der Waals surface area contributed by atoms with Gasteiger partial charge in [-0.3, -0.25) is 0 Å². The summed E-state index contributed by atoms with van der Waals surface area (Å²) in [4.78, 5) is 9.02. The zero-order valence-electron chi connectivity index (χ0n) is 12.7. The standard InChI is InChI=1S/C15H26N4O/c1-11(2)14-18-12(16-3)8-13(19-14)17-9-15(10-20)6-4-5-7-15/h8,11,20H,4-7,9-10H2,1-3H3,(H2,16,17,18,19). The van der Waals surface area contributed by atoms with Crippen molar-refractivity contribution in [2.45, 2.75) is 45.4 Å². The van der Waals surface area contributed by atoms with Crippen molar-refractivity contribution in [1.82, 2.24) is 9.97 Å². The van der Waals surface area contributed by atoms with E-state index in [2.05, 4.69) is 34.4 Å². The first-order chi connectivity index (χ1) is 9.58. The second-order valence-corrected chi connectivity index (χ2v) is 6.12. The average molecular weight is 278 g/mol. The summed E-state index contributed by atoms with van der Waals surface area (Å²) in [7, 11) is 1.86. The van der Waals surface area contributed by atoms with Crippen molar-refractivity contribution < 1.29 is 5.11 Å². The van der Waals surface area contributed by atoms with Crippen LogP contribution in [0.4, 0.5) is 11.6 Å². The molecule has 20 heavy (non-hydrogen) atoms. The predicted molar refractivity (Wildman–Crippen MR) is 82.1 cm³/mol. The highest BCUT2D eigenvalue weighted by molar-refractivity contribution is 5.47. The van der Waals surface area contributed by atoms with Crippen molar-refractivity contribution in [3.8, 4) is 0 Å². The molecule has 2 rings (SSSR count).